The molecule has 1 fully saturated rings. The molecule has 1 unspecified atom stereocenters. The second-order valence-corrected chi connectivity index (χ2v) is 5.10. The number of nitrogens with one attached hydrogen (secondary N) is 1. The quantitative estimate of drug-likeness (QED) is 0.671. The Morgan fingerprint density at radius 1 is 1.00 bits per heavy atom. The van der Waals surface area contributed by atoms with E-state index in [0.717, 1.165) is 6.04 Å². The molecular weight excluding hydrogens is 196 g/mol. The second kappa shape index (κ2) is 9.00. The lowest BCUT2D eigenvalue weighted by molar-refractivity contribution is 0.188. The molecule has 2 nitrogen and oxygen atoms in total. The SMILES string of the molecule is CCCNCC(CCC)N1CCCCCC1. The van der Waals surface area contributed by atoms with Gasteiger partial charge in [-0.2, -0.15) is 0 Å². The van der Waals surface area contributed by atoms with Crippen LogP contribution in [0.3, 0.4) is 0 Å². The summed E-state index contributed by atoms with van der Waals surface area (Å²) in [6.07, 6.45) is 9.63. The van der Waals surface area contributed by atoms with Gasteiger partial charge in [0, 0.05) is 12.6 Å². The van der Waals surface area contributed by atoms with Gasteiger partial charge >= 0.3 is 0 Å². The number of nitrogens with zero attached hydrogens (tertiary/aromatic N) is 1. The predicted octanol–water partition coefficient (Wildman–Crippen LogP) is 3.03. The molecule has 0 saturated carbocycles. The summed E-state index contributed by atoms with van der Waals surface area (Å²) in [6.45, 7) is 9.59. The molecule has 0 radical (unpaired) electrons. The molecule has 0 aromatic rings. The summed E-state index contributed by atoms with van der Waals surface area (Å²) in [7, 11) is 0. The topological polar surface area (TPSA) is 15.3 Å². The van der Waals surface area contributed by atoms with Gasteiger partial charge in [0.05, 0.1) is 0 Å². The third-order valence-electron chi connectivity index (χ3n) is 3.59. The average molecular weight is 226 g/mol. The van der Waals surface area contributed by atoms with Crippen LogP contribution in [0.15, 0.2) is 0 Å². The smallest absolute Gasteiger partial charge is 0.0220 e. The minimum atomic E-state index is 0.787. The van der Waals surface area contributed by atoms with E-state index in [9.17, 15) is 0 Å². The first kappa shape index (κ1) is 14.0. The first-order valence-corrected chi connectivity index (χ1v) is 7.33. The Labute approximate surface area is 102 Å². The Balaban J connectivity index is 2.33. The molecule has 16 heavy (non-hydrogen) atoms. The molecule has 0 spiro atoms. The molecule has 0 aromatic heterocycles. The molecule has 1 atom stereocenters. The normalized spacial score (nSPS) is 20.6. The zero-order valence-corrected chi connectivity index (χ0v) is 11.3. The van der Waals surface area contributed by atoms with E-state index in [-0.39, 0.29) is 0 Å². The molecule has 1 rings (SSSR count). The highest BCUT2D eigenvalue weighted by Gasteiger charge is 2.18. The van der Waals surface area contributed by atoms with Crippen LogP contribution in [0.25, 0.3) is 0 Å². The van der Waals surface area contributed by atoms with Gasteiger partial charge in [-0.1, -0.05) is 33.1 Å². The maximum absolute atomic E-state index is 3.60. The minimum absolute atomic E-state index is 0.787. The summed E-state index contributed by atoms with van der Waals surface area (Å²) in [6, 6.07) is 0.787. The van der Waals surface area contributed by atoms with Gasteiger partial charge in [-0.25, -0.2) is 0 Å². The molecule has 1 saturated heterocycles. The summed E-state index contributed by atoms with van der Waals surface area (Å²) >= 11 is 0. The minimum Gasteiger partial charge on any atom is -0.315 e. The number of hydrogen-bond donors (Lipinski definition) is 1. The van der Waals surface area contributed by atoms with Crippen LogP contribution in [0.4, 0.5) is 0 Å². The van der Waals surface area contributed by atoms with E-state index in [2.05, 4.69) is 24.1 Å². The number of hydrogen-bond acceptors (Lipinski definition) is 2. The molecule has 1 heterocycles. The standard InChI is InChI=1S/C14H30N2/c1-3-9-14(13-15-10-4-2)16-11-7-5-6-8-12-16/h14-15H,3-13H2,1-2H3. The first-order valence-electron chi connectivity index (χ1n) is 7.33. The van der Waals surface area contributed by atoms with E-state index in [0.29, 0.717) is 0 Å². The lowest BCUT2D eigenvalue weighted by Gasteiger charge is -2.30. The van der Waals surface area contributed by atoms with Crippen LogP contribution < -0.4 is 5.32 Å². The predicted molar refractivity (Wildman–Crippen MR) is 71.9 cm³/mol. The molecule has 96 valence electrons. The Kier molecular flexibility index (Phi) is 7.87. The van der Waals surface area contributed by atoms with Crippen LogP contribution in [-0.2, 0) is 0 Å². The molecule has 1 aliphatic heterocycles. The molecular formula is C14H30N2. The highest BCUT2D eigenvalue weighted by atomic mass is 15.2. The Bertz CT molecular complexity index is 151. The van der Waals surface area contributed by atoms with Gasteiger partial charge in [0.1, 0.15) is 0 Å². The van der Waals surface area contributed by atoms with Gasteiger partial charge < -0.3 is 5.32 Å². The van der Waals surface area contributed by atoms with Crippen molar-refractivity contribution in [2.75, 3.05) is 26.2 Å². The fourth-order valence-electron chi connectivity index (χ4n) is 2.65. The van der Waals surface area contributed by atoms with Crippen molar-refractivity contribution >= 4 is 0 Å². The van der Waals surface area contributed by atoms with Crippen molar-refractivity contribution < 1.29 is 0 Å². The lowest BCUT2D eigenvalue weighted by atomic mass is 10.1. The van der Waals surface area contributed by atoms with Crippen LogP contribution in [0.1, 0.15) is 58.8 Å². The molecule has 0 amide bonds. The molecule has 0 aliphatic carbocycles. The Hall–Kier alpha value is -0.0800. The summed E-state index contributed by atoms with van der Waals surface area (Å²) in [5.41, 5.74) is 0. The third kappa shape index (κ3) is 5.31. The van der Waals surface area contributed by atoms with Gasteiger partial charge in [0.15, 0.2) is 0 Å². The van der Waals surface area contributed by atoms with E-state index >= 15 is 0 Å². The molecule has 1 N–H and O–H groups in total. The second-order valence-electron chi connectivity index (χ2n) is 5.10. The number of rotatable bonds is 7. The van der Waals surface area contributed by atoms with Gasteiger partial charge in [-0.3, -0.25) is 4.90 Å². The van der Waals surface area contributed by atoms with Crippen molar-refractivity contribution in [2.45, 2.75) is 64.8 Å². The summed E-state index contributed by atoms with van der Waals surface area (Å²) < 4.78 is 0. The summed E-state index contributed by atoms with van der Waals surface area (Å²) in [5, 5.41) is 3.60. The molecule has 2 heteroatoms. The Morgan fingerprint density at radius 2 is 1.69 bits per heavy atom. The fraction of sp³-hybridized carbons (Fsp3) is 1.00. The van der Waals surface area contributed by atoms with Crippen LogP contribution in [0.5, 0.6) is 0 Å². The monoisotopic (exact) mass is 226 g/mol. The van der Waals surface area contributed by atoms with Crippen molar-refractivity contribution in [2.24, 2.45) is 0 Å². The van der Waals surface area contributed by atoms with E-state index in [4.69, 9.17) is 0 Å². The van der Waals surface area contributed by atoms with Gasteiger partial charge in [-0.15, -0.1) is 0 Å². The summed E-state index contributed by atoms with van der Waals surface area (Å²) in [5.74, 6) is 0. The van der Waals surface area contributed by atoms with Crippen LogP contribution in [0, 0.1) is 0 Å². The van der Waals surface area contributed by atoms with Crippen LogP contribution >= 0.6 is 0 Å². The van der Waals surface area contributed by atoms with Crippen LogP contribution in [-0.4, -0.2) is 37.1 Å². The molecule has 0 bridgehead atoms. The van der Waals surface area contributed by atoms with Crippen molar-refractivity contribution in [3.8, 4) is 0 Å². The maximum atomic E-state index is 3.60. The average Bonchev–Trinajstić information content (AvgIpc) is 2.57. The maximum Gasteiger partial charge on any atom is 0.0220 e. The van der Waals surface area contributed by atoms with Crippen LogP contribution in [0.2, 0.25) is 0 Å². The fourth-order valence-corrected chi connectivity index (χ4v) is 2.65. The zero-order valence-electron chi connectivity index (χ0n) is 11.3. The first-order chi connectivity index (χ1) is 7.88. The van der Waals surface area contributed by atoms with Crippen molar-refractivity contribution in [3.63, 3.8) is 0 Å². The van der Waals surface area contributed by atoms with E-state index < -0.39 is 0 Å². The largest absolute Gasteiger partial charge is 0.315 e. The van der Waals surface area contributed by atoms with Gasteiger partial charge in [0.2, 0.25) is 0 Å². The van der Waals surface area contributed by atoms with Gasteiger partial charge in [-0.05, 0) is 45.3 Å². The van der Waals surface area contributed by atoms with Crippen molar-refractivity contribution in [3.05, 3.63) is 0 Å². The number of likely N-dealkylation sites (tertiary alicyclic amines) is 1. The summed E-state index contributed by atoms with van der Waals surface area (Å²) in [4.78, 5) is 2.74. The van der Waals surface area contributed by atoms with Crippen molar-refractivity contribution in [1.29, 1.82) is 0 Å². The Morgan fingerprint density at radius 3 is 2.25 bits per heavy atom. The van der Waals surface area contributed by atoms with E-state index in [1.165, 1.54) is 71.1 Å². The highest BCUT2D eigenvalue weighted by Crippen LogP contribution is 2.15. The third-order valence-corrected chi connectivity index (χ3v) is 3.59. The zero-order chi connectivity index (χ0) is 11.6. The van der Waals surface area contributed by atoms with E-state index in [1.807, 2.05) is 0 Å². The molecule has 0 aromatic carbocycles. The van der Waals surface area contributed by atoms with Crippen molar-refractivity contribution in [1.82, 2.24) is 10.2 Å². The lowest BCUT2D eigenvalue weighted by Crippen LogP contribution is -2.43. The molecule has 1 aliphatic rings. The van der Waals surface area contributed by atoms with E-state index in [1.54, 1.807) is 0 Å². The highest BCUT2D eigenvalue weighted by molar-refractivity contribution is 4.75. The van der Waals surface area contributed by atoms with Gasteiger partial charge in [0.25, 0.3) is 0 Å².